The SMILES string of the molecule is CCC(C)C(=O)Nc1cc(Br)cnc1Cl. The smallest absolute Gasteiger partial charge is 0.227 e. The van der Waals surface area contributed by atoms with Crippen LogP contribution in [0.15, 0.2) is 16.7 Å². The predicted molar refractivity (Wildman–Crippen MR) is 65.0 cm³/mol. The molecule has 1 amide bonds. The van der Waals surface area contributed by atoms with Crippen LogP contribution in [0.1, 0.15) is 20.3 Å². The number of nitrogens with one attached hydrogen (secondary N) is 1. The van der Waals surface area contributed by atoms with E-state index >= 15 is 0 Å². The number of rotatable bonds is 3. The van der Waals surface area contributed by atoms with E-state index in [4.69, 9.17) is 11.6 Å². The fourth-order valence-electron chi connectivity index (χ4n) is 0.952. The van der Waals surface area contributed by atoms with Gasteiger partial charge < -0.3 is 5.32 Å². The Balaban J connectivity index is 2.80. The summed E-state index contributed by atoms with van der Waals surface area (Å²) in [7, 11) is 0. The maximum absolute atomic E-state index is 11.6. The van der Waals surface area contributed by atoms with E-state index in [2.05, 4.69) is 26.2 Å². The molecule has 0 bridgehead atoms. The third kappa shape index (κ3) is 3.47. The van der Waals surface area contributed by atoms with E-state index in [1.54, 1.807) is 12.3 Å². The molecular weight excluding hydrogens is 279 g/mol. The molecule has 1 atom stereocenters. The lowest BCUT2D eigenvalue weighted by atomic mass is 10.1. The van der Waals surface area contributed by atoms with Crippen molar-refractivity contribution in [3.05, 3.63) is 21.9 Å². The maximum Gasteiger partial charge on any atom is 0.227 e. The number of nitrogens with zero attached hydrogens (tertiary/aromatic N) is 1. The van der Waals surface area contributed by atoms with Crippen LogP contribution in [0.25, 0.3) is 0 Å². The quantitative estimate of drug-likeness (QED) is 0.866. The van der Waals surface area contributed by atoms with Gasteiger partial charge in [0.2, 0.25) is 5.91 Å². The molecule has 1 N–H and O–H groups in total. The normalized spacial score (nSPS) is 12.3. The number of amides is 1. The summed E-state index contributed by atoms with van der Waals surface area (Å²) in [5.41, 5.74) is 0.538. The molecule has 1 aromatic rings. The number of carbonyl (C=O) groups is 1. The van der Waals surface area contributed by atoms with Crippen molar-refractivity contribution in [3.8, 4) is 0 Å². The van der Waals surface area contributed by atoms with Gasteiger partial charge in [0.15, 0.2) is 5.15 Å². The van der Waals surface area contributed by atoms with Crippen LogP contribution < -0.4 is 5.32 Å². The van der Waals surface area contributed by atoms with Gasteiger partial charge in [0.25, 0.3) is 0 Å². The first-order valence-electron chi connectivity index (χ1n) is 4.66. The van der Waals surface area contributed by atoms with Crippen LogP contribution in [0.5, 0.6) is 0 Å². The number of anilines is 1. The number of hydrogen-bond donors (Lipinski definition) is 1. The van der Waals surface area contributed by atoms with Gasteiger partial charge in [-0.05, 0) is 28.4 Å². The first-order valence-corrected chi connectivity index (χ1v) is 5.83. The van der Waals surface area contributed by atoms with Gasteiger partial charge in [0, 0.05) is 16.6 Å². The average molecular weight is 292 g/mol. The molecule has 1 heterocycles. The fourth-order valence-corrected chi connectivity index (χ4v) is 1.43. The first kappa shape index (κ1) is 12.5. The van der Waals surface area contributed by atoms with Gasteiger partial charge in [0.1, 0.15) is 0 Å². The van der Waals surface area contributed by atoms with E-state index in [9.17, 15) is 4.79 Å². The summed E-state index contributed by atoms with van der Waals surface area (Å²) < 4.78 is 0.784. The zero-order valence-electron chi connectivity index (χ0n) is 8.55. The average Bonchev–Trinajstić information content (AvgIpc) is 2.22. The van der Waals surface area contributed by atoms with Gasteiger partial charge >= 0.3 is 0 Å². The van der Waals surface area contributed by atoms with Gasteiger partial charge in [-0.25, -0.2) is 4.98 Å². The Morgan fingerprint density at radius 3 is 3.00 bits per heavy atom. The molecule has 5 heteroatoms. The number of pyridine rings is 1. The Bertz CT molecular complexity index is 370. The highest BCUT2D eigenvalue weighted by molar-refractivity contribution is 9.10. The molecule has 0 aromatic carbocycles. The van der Waals surface area contributed by atoms with E-state index in [-0.39, 0.29) is 11.8 Å². The molecule has 0 fully saturated rings. The second-order valence-electron chi connectivity index (χ2n) is 3.29. The van der Waals surface area contributed by atoms with Gasteiger partial charge in [0.05, 0.1) is 5.69 Å². The maximum atomic E-state index is 11.6. The minimum atomic E-state index is -0.0423. The van der Waals surface area contributed by atoms with Crippen LogP contribution in [-0.4, -0.2) is 10.9 Å². The van der Waals surface area contributed by atoms with E-state index in [0.717, 1.165) is 10.9 Å². The van der Waals surface area contributed by atoms with Crippen molar-refractivity contribution in [2.75, 3.05) is 5.32 Å². The molecule has 0 aliphatic rings. The number of halogens is 2. The van der Waals surface area contributed by atoms with Gasteiger partial charge in [-0.2, -0.15) is 0 Å². The molecule has 0 radical (unpaired) electrons. The summed E-state index contributed by atoms with van der Waals surface area (Å²) >= 11 is 9.11. The Kier molecular flexibility index (Phi) is 4.54. The summed E-state index contributed by atoms with van der Waals surface area (Å²) in [5.74, 6) is -0.0700. The van der Waals surface area contributed by atoms with E-state index in [0.29, 0.717) is 10.8 Å². The molecular formula is C10H12BrClN2O. The first-order chi connectivity index (χ1) is 7.04. The third-order valence-electron chi connectivity index (χ3n) is 2.12. The second-order valence-corrected chi connectivity index (χ2v) is 4.56. The minimum Gasteiger partial charge on any atom is -0.323 e. The van der Waals surface area contributed by atoms with Crippen molar-refractivity contribution in [2.24, 2.45) is 5.92 Å². The highest BCUT2D eigenvalue weighted by Crippen LogP contribution is 2.23. The van der Waals surface area contributed by atoms with Crippen molar-refractivity contribution in [2.45, 2.75) is 20.3 Å². The summed E-state index contributed by atoms with van der Waals surface area (Å²) in [6.07, 6.45) is 2.38. The van der Waals surface area contributed by atoms with Crippen molar-refractivity contribution in [3.63, 3.8) is 0 Å². The van der Waals surface area contributed by atoms with Gasteiger partial charge in [-0.3, -0.25) is 4.79 Å². The molecule has 0 aliphatic carbocycles. The minimum absolute atomic E-state index is 0.0277. The Morgan fingerprint density at radius 2 is 2.40 bits per heavy atom. The molecule has 0 saturated heterocycles. The predicted octanol–water partition coefficient (Wildman–Crippen LogP) is 3.48. The number of hydrogen-bond acceptors (Lipinski definition) is 2. The van der Waals surface area contributed by atoms with Crippen LogP contribution in [0.3, 0.4) is 0 Å². The molecule has 1 rings (SSSR count). The molecule has 1 unspecified atom stereocenters. The van der Waals surface area contributed by atoms with Crippen molar-refractivity contribution in [1.29, 1.82) is 0 Å². The zero-order chi connectivity index (χ0) is 11.4. The second kappa shape index (κ2) is 5.47. The zero-order valence-corrected chi connectivity index (χ0v) is 10.9. The molecule has 1 aromatic heterocycles. The van der Waals surface area contributed by atoms with Gasteiger partial charge in [-0.15, -0.1) is 0 Å². The van der Waals surface area contributed by atoms with Crippen LogP contribution in [-0.2, 0) is 4.79 Å². The number of aromatic nitrogens is 1. The third-order valence-corrected chi connectivity index (χ3v) is 2.86. The lowest BCUT2D eigenvalue weighted by Crippen LogP contribution is -2.20. The summed E-state index contributed by atoms with van der Waals surface area (Å²) in [5, 5.41) is 3.04. The summed E-state index contributed by atoms with van der Waals surface area (Å²) in [6, 6.07) is 1.73. The topological polar surface area (TPSA) is 42.0 Å². The Morgan fingerprint density at radius 1 is 1.73 bits per heavy atom. The molecule has 3 nitrogen and oxygen atoms in total. The molecule has 82 valence electrons. The Labute approximate surface area is 102 Å². The Hall–Kier alpha value is -0.610. The highest BCUT2D eigenvalue weighted by atomic mass is 79.9. The van der Waals surface area contributed by atoms with Crippen molar-refractivity contribution >= 4 is 39.1 Å². The van der Waals surface area contributed by atoms with Crippen LogP contribution in [0.2, 0.25) is 5.15 Å². The summed E-state index contributed by atoms with van der Waals surface area (Å²) in [6.45, 7) is 3.83. The van der Waals surface area contributed by atoms with E-state index < -0.39 is 0 Å². The number of carbonyl (C=O) groups excluding carboxylic acids is 1. The largest absolute Gasteiger partial charge is 0.323 e. The van der Waals surface area contributed by atoms with Crippen molar-refractivity contribution in [1.82, 2.24) is 4.98 Å². The highest BCUT2D eigenvalue weighted by Gasteiger charge is 2.12. The van der Waals surface area contributed by atoms with E-state index in [1.165, 1.54) is 0 Å². The van der Waals surface area contributed by atoms with Crippen LogP contribution in [0.4, 0.5) is 5.69 Å². The molecule has 0 spiro atoms. The molecule has 0 saturated carbocycles. The van der Waals surface area contributed by atoms with Gasteiger partial charge in [-0.1, -0.05) is 25.4 Å². The molecule has 0 aliphatic heterocycles. The summed E-state index contributed by atoms with van der Waals surface area (Å²) in [4.78, 5) is 15.5. The van der Waals surface area contributed by atoms with Crippen LogP contribution in [0, 0.1) is 5.92 Å². The molecule has 15 heavy (non-hydrogen) atoms. The van der Waals surface area contributed by atoms with Crippen LogP contribution >= 0.6 is 27.5 Å². The van der Waals surface area contributed by atoms with E-state index in [1.807, 2.05) is 13.8 Å². The lowest BCUT2D eigenvalue weighted by Gasteiger charge is -2.10. The standard InChI is InChI=1S/C10H12BrClN2O/c1-3-6(2)10(15)14-8-4-7(11)5-13-9(8)12/h4-6H,3H2,1-2H3,(H,14,15). The monoisotopic (exact) mass is 290 g/mol. The lowest BCUT2D eigenvalue weighted by molar-refractivity contribution is -0.119. The van der Waals surface area contributed by atoms with Crippen molar-refractivity contribution < 1.29 is 4.79 Å². The fraction of sp³-hybridized carbons (Fsp3) is 0.400.